The predicted octanol–water partition coefficient (Wildman–Crippen LogP) is 14.3. The second-order valence-electron chi connectivity index (χ2n) is 13.2. The van der Waals surface area contributed by atoms with Gasteiger partial charge >= 0.3 is 0 Å². The summed E-state index contributed by atoms with van der Waals surface area (Å²) >= 11 is 1.82. The Morgan fingerprint density at radius 1 is 0.415 bits per heavy atom. The van der Waals surface area contributed by atoms with Crippen molar-refractivity contribution in [3.8, 4) is 44.8 Å². The van der Waals surface area contributed by atoms with Crippen LogP contribution in [0.2, 0.25) is 0 Å². The van der Waals surface area contributed by atoms with E-state index < -0.39 is 0 Å². The van der Waals surface area contributed by atoms with E-state index in [-0.39, 0.29) is 0 Å². The topological polar surface area (TPSA) is 29.3 Å². The molecule has 53 heavy (non-hydrogen) atoms. The van der Waals surface area contributed by atoms with Crippen molar-refractivity contribution in [3.63, 3.8) is 0 Å². The number of rotatable bonds is 7. The van der Waals surface area contributed by atoms with Gasteiger partial charge in [-0.1, -0.05) is 133 Å². The molecule has 0 saturated carbocycles. The van der Waals surface area contributed by atoms with E-state index in [2.05, 4.69) is 169 Å². The van der Waals surface area contributed by atoms with Crippen molar-refractivity contribution in [2.45, 2.75) is 0 Å². The zero-order valence-corrected chi connectivity index (χ0v) is 29.5. The molecule has 0 spiro atoms. The van der Waals surface area contributed by atoms with Crippen LogP contribution in [0.1, 0.15) is 0 Å². The molecule has 0 radical (unpaired) electrons. The molecule has 8 aromatic carbocycles. The Bertz CT molecular complexity index is 2860. The van der Waals surface area contributed by atoms with Crippen molar-refractivity contribution >= 4 is 59.7 Å². The van der Waals surface area contributed by atoms with Crippen molar-refractivity contribution in [3.05, 3.63) is 194 Å². The van der Waals surface area contributed by atoms with E-state index in [0.29, 0.717) is 5.89 Å². The molecule has 10 rings (SSSR count). The van der Waals surface area contributed by atoms with Crippen molar-refractivity contribution < 1.29 is 4.42 Å². The van der Waals surface area contributed by atoms with E-state index in [1.54, 1.807) is 0 Å². The molecule has 0 saturated heterocycles. The van der Waals surface area contributed by atoms with Gasteiger partial charge in [0.05, 0.1) is 0 Å². The average Bonchev–Trinajstić information content (AvgIpc) is 3.82. The number of nitrogens with zero attached hydrogens (tertiary/aromatic N) is 2. The Balaban J connectivity index is 1.12. The molecule has 0 aliphatic carbocycles. The zero-order valence-electron chi connectivity index (χ0n) is 28.7. The summed E-state index contributed by atoms with van der Waals surface area (Å²) < 4.78 is 8.74. The quantitative estimate of drug-likeness (QED) is 0.166. The molecule has 0 amide bonds. The van der Waals surface area contributed by atoms with Crippen LogP contribution < -0.4 is 4.90 Å². The summed E-state index contributed by atoms with van der Waals surface area (Å²) in [6.07, 6.45) is 0. The summed E-state index contributed by atoms with van der Waals surface area (Å²) in [5, 5.41) is 2.40. The molecule has 0 N–H and O–H groups in total. The standard InChI is InChI=1S/C49H32N2OS/c1-5-14-33(15-6-1)34-24-26-38(27-25-34)51(37-20-11-4-12-21-37)39-28-29-40(43(30-39)35-16-7-2-8-17-35)41-22-13-23-42-44-31-46-45(32-47(44)53-48(41)42)50-49(52-46)36-18-9-3-10-19-36/h1-32H. The van der Waals surface area contributed by atoms with Crippen LogP contribution in [0.3, 0.4) is 0 Å². The van der Waals surface area contributed by atoms with Crippen molar-refractivity contribution in [1.29, 1.82) is 0 Å². The lowest BCUT2D eigenvalue weighted by Crippen LogP contribution is -2.10. The molecule has 2 heterocycles. The van der Waals surface area contributed by atoms with Crippen LogP contribution in [0.5, 0.6) is 0 Å². The average molecular weight is 697 g/mol. The van der Waals surface area contributed by atoms with Gasteiger partial charge in [0.1, 0.15) is 5.52 Å². The van der Waals surface area contributed by atoms with Crippen LogP contribution in [0.25, 0.3) is 76.1 Å². The number of thiophene rings is 1. The summed E-state index contributed by atoms with van der Waals surface area (Å²) in [7, 11) is 0. The first kappa shape index (κ1) is 31.0. The second kappa shape index (κ2) is 13.1. The van der Waals surface area contributed by atoms with Gasteiger partial charge in [-0.25, -0.2) is 4.98 Å². The fourth-order valence-corrected chi connectivity index (χ4v) is 8.60. The Labute approximate surface area is 311 Å². The van der Waals surface area contributed by atoms with Gasteiger partial charge < -0.3 is 9.32 Å². The molecule has 10 aromatic rings. The Morgan fingerprint density at radius 2 is 1.02 bits per heavy atom. The monoisotopic (exact) mass is 696 g/mol. The third kappa shape index (κ3) is 5.66. The van der Waals surface area contributed by atoms with E-state index in [1.807, 2.05) is 41.7 Å². The number of hydrogen-bond donors (Lipinski definition) is 0. The van der Waals surface area contributed by atoms with Gasteiger partial charge in [-0.2, -0.15) is 0 Å². The molecule has 0 atom stereocenters. The van der Waals surface area contributed by atoms with Gasteiger partial charge in [0, 0.05) is 48.4 Å². The summed E-state index contributed by atoms with van der Waals surface area (Å²) in [5.41, 5.74) is 13.1. The Kier molecular flexibility index (Phi) is 7.67. The van der Waals surface area contributed by atoms with Crippen LogP contribution in [-0.2, 0) is 0 Å². The first-order valence-electron chi connectivity index (χ1n) is 17.8. The normalized spacial score (nSPS) is 11.4. The first-order chi connectivity index (χ1) is 26.3. The summed E-state index contributed by atoms with van der Waals surface area (Å²) in [5.74, 6) is 0.646. The van der Waals surface area contributed by atoms with Crippen LogP contribution in [0, 0.1) is 0 Å². The molecular weight excluding hydrogens is 665 g/mol. The molecule has 4 heteroatoms. The molecule has 0 bridgehead atoms. The van der Waals surface area contributed by atoms with Gasteiger partial charge in [0.25, 0.3) is 0 Å². The summed E-state index contributed by atoms with van der Waals surface area (Å²) in [6.45, 7) is 0. The van der Waals surface area contributed by atoms with Crippen LogP contribution in [-0.4, -0.2) is 4.98 Å². The largest absolute Gasteiger partial charge is 0.436 e. The maximum Gasteiger partial charge on any atom is 0.227 e. The van der Waals surface area contributed by atoms with Crippen LogP contribution in [0.4, 0.5) is 17.1 Å². The molecule has 0 aliphatic heterocycles. The number of para-hydroxylation sites is 1. The van der Waals surface area contributed by atoms with E-state index in [9.17, 15) is 0 Å². The third-order valence-corrected chi connectivity index (χ3v) is 11.1. The highest BCUT2D eigenvalue weighted by Crippen LogP contribution is 2.46. The minimum atomic E-state index is 0.646. The van der Waals surface area contributed by atoms with E-state index in [4.69, 9.17) is 9.40 Å². The fraction of sp³-hybridized carbons (Fsp3) is 0. The number of fused-ring (bicyclic) bond motifs is 4. The lowest BCUT2D eigenvalue weighted by molar-refractivity contribution is 0.620. The van der Waals surface area contributed by atoms with Crippen LogP contribution >= 0.6 is 11.3 Å². The first-order valence-corrected chi connectivity index (χ1v) is 18.6. The molecule has 2 aromatic heterocycles. The predicted molar refractivity (Wildman–Crippen MR) is 223 cm³/mol. The maximum atomic E-state index is 6.30. The second-order valence-corrected chi connectivity index (χ2v) is 14.2. The highest BCUT2D eigenvalue weighted by Gasteiger charge is 2.20. The molecule has 250 valence electrons. The van der Waals surface area contributed by atoms with E-state index in [0.717, 1.165) is 33.7 Å². The van der Waals surface area contributed by atoms with Crippen molar-refractivity contribution in [2.75, 3.05) is 4.90 Å². The highest BCUT2D eigenvalue weighted by molar-refractivity contribution is 7.26. The molecule has 0 fully saturated rings. The van der Waals surface area contributed by atoms with Crippen molar-refractivity contribution in [2.24, 2.45) is 0 Å². The molecule has 0 aliphatic rings. The Morgan fingerprint density at radius 3 is 1.74 bits per heavy atom. The van der Waals surface area contributed by atoms with E-state index in [1.165, 1.54) is 53.6 Å². The minimum Gasteiger partial charge on any atom is -0.436 e. The number of oxazole rings is 1. The van der Waals surface area contributed by atoms with Crippen molar-refractivity contribution in [1.82, 2.24) is 4.98 Å². The van der Waals surface area contributed by atoms with Gasteiger partial charge in [-0.15, -0.1) is 11.3 Å². The van der Waals surface area contributed by atoms with E-state index >= 15 is 0 Å². The lowest BCUT2D eigenvalue weighted by Gasteiger charge is -2.27. The smallest absolute Gasteiger partial charge is 0.227 e. The highest BCUT2D eigenvalue weighted by atomic mass is 32.1. The summed E-state index contributed by atoms with van der Waals surface area (Å²) in [4.78, 5) is 7.21. The SMILES string of the molecule is c1ccc(-c2ccc(N(c3ccccc3)c3ccc(-c4cccc5c4sc4cc6nc(-c7ccccc7)oc6cc45)c(-c4ccccc4)c3)cc2)cc1. The van der Waals surface area contributed by atoms with Gasteiger partial charge in [0.15, 0.2) is 5.58 Å². The number of aromatic nitrogens is 1. The summed E-state index contributed by atoms with van der Waals surface area (Å²) in [6, 6.07) is 68.7. The number of hydrogen-bond acceptors (Lipinski definition) is 4. The minimum absolute atomic E-state index is 0.646. The molecular formula is C49H32N2OS. The number of anilines is 3. The molecule has 0 unspecified atom stereocenters. The van der Waals surface area contributed by atoms with Gasteiger partial charge in [0.2, 0.25) is 5.89 Å². The van der Waals surface area contributed by atoms with Gasteiger partial charge in [-0.05, 0) is 88.5 Å². The zero-order chi connectivity index (χ0) is 35.1. The maximum absolute atomic E-state index is 6.30. The third-order valence-electron chi connectivity index (χ3n) is 9.91. The lowest BCUT2D eigenvalue weighted by atomic mass is 9.92. The van der Waals surface area contributed by atoms with Gasteiger partial charge in [-0.3, -0.25) is 0 Å². The fourth-order valence-electron chi connectivity index (χ4n) is 7.36. The number of benzene rings is 8. The Hall–Kier alpha value is -6.75. The molecule has 3 nitrogen and oxygen atoms in total. The van der Waals surface area contributed by atoms with Crippen LogP contribution in [0.15, 0.2) is 199 Å².